The topological polar surface area (TPSA) is 136 Å². The second kappa shape index (κ2) is 6.30. The molecule has 0 aliphatic heterocycles. The van der Waals surface area contributed by atoms with E-state index in [4.69, 9.17) is 5.11 Å². The number of aromatic carboxylic acids is 1. The highest BCUT2D eigenvalue weighted by molar-refractivity contribution is 7.89. The summed E-state index contributed by atoms with van der Waals surface area (Å²) in [5.41, 5.74) is 4.29. The minimum atomic E-state index is -4.27. The van der Waals surface area contributed by atoms with E-state index in [2.05, 4.69) is 10.5 Å². The number of ether oxygens (including phenoxy) is 1. The van der Waals surface area contributed by atoms with Crippen molar-refractivity contribution in [2.75, 3.05) is 13.2 Å². The summed E-state index contributed by atoms with van der Waals surface area (Å²) < 4.78 is 43.2. The highest BCUT2D eigenvalue weighted by Gasteiger charge is 2.20. The molecule has 1 aromatic rings. The van der Waals surface area contributed by atoms with Crippen LogP contribution in [0.3, 0.4) is 0 Å². The van der Waals surface area contributed by atoms with E-state index >= 15 is 0 Å². The second-order valence-electron chi connectivity index (χ2n) is 3.52. The van der Waals surface area contributed by atoms with Gasteiger partial charge in [-0.25, -0.2) is 27.1 Å². The first-order chi connectivity index (χ1) is 9.24. The van der Waals surface area contributed by atoms with Crippen LogP contribution in [0.15, 0.2) is 23.1 Å². The van der Waals surface area contributed by atoms with Crippen molar-refractivity contribution in [3.05, 3.63) is 29.6 Å². The zero-order valence-electron chi connectivity index (χ0n) is 10.00. The molecule has 110 valence electrons. The van der Waals surface area contributed by atoms with Gasteiger partial charge in [0, 0.05) is 6.54 Å². The zero-order valence-corrected chi connectivity index (χ0v) is 10.8. The van der Waals surface area contributed by atoms with Crippen molar-refractivity contribution in [2.24, 2.45) is 5.73 Å². The Balaban J connectivity index is 2.89. The number of carboxylic acids is 1. The van der Waals surface area contributed by atoms with Crippen LogP contribution in [0.25, 0.3) is 0 Å². The molecular formula is C10H11FN2O6S. The Kier molecular flexibility index (Phi) is 5.00. The number of hydrogen-bond donors (Lipinski definition) is 3. The highest BCUT2D eigenvalue weighted by atomic mass is 32.2. The van der Waals surface area contributed by atoms with Gasteiger partial charge in [-0.1, -0.05) is 0 Å². The average molecular weight is 306 g/mol. The maximum absolute atomic E-state index is 13.4. The van der Waals surface area contributed by atoms with E-state index < -0.39 is 32.8 Å². The molecule has 0 aromatic heterocycles. The maximum Gasteiger partial charge on any atom is 0.404 e. The van der Waals surface area contributed by atoms with E-state index in [9.17, 15) is 22.4 Å². The average Bonchev–Trinajstić information content (AvgIpc) is 2.34. The lowest BCUT2D eigenvalue weighted by molar-refractivity contribution is 0.0696. The molecule has 0 unspecified atom stereocenters. The quantitative estimate of drug-likeness (QED) is 0.628. The van der Waals surface area contributed by atoms with Crippen molar-refractivity contribution in [3.63, 3.8) is 0 Å². The minimum absolute atomic E-state index is 0.331. The van der Waals surface area contributed by atoms with E-state index in [-0.39, 0.29) is 18.7 Å². The molecule has 4 N–H and O–H groups in total. The molecule has 8 nitrogen and oxygen atoms in total. The number of carbonyl (C=O) groups excluding carboxylic acids is 1. The van der Waals surface area contributed by atoms with Gasteiger partial charge in [-0.05, 0) is 18.2 Å². The standard InChI is InChI=1S/C10H11FN2O6S/c11-7-2-1-6(9(14)15)5-8(7)20(17,18)13-3-4-19-10(12)16/h1-2,5,13H,3-4H2,(H2,12,16)(H,14,15). The number of nitrogens with two attached hydrogens (primary N) is 1. The van der Waals surface area contributed by atoms with Crippen LogP contribution in [0.4, 0.5) is 9.18 Å². The van der Waals surface area contributed by atoms with Gasteiger partial charge in [0.05, 0.1) is 5.56 Å². The molecular weight excluding hydrogens is 295 g/mol. The van der Waals surface area contributed by atoms with E-state index in [0.717, 1.165) is 12.1 Å². The molecule has 0 aliphatic carbocycles. The number of primary amides is 1. The van der Waals surface area contributed by atoms with Crippen LogP contribution in [0, 0.1) is 5.82 Å². The number of carbonyl (C=O) groups is 2. The van der Waals surface area contributed by atoms with E-state index in [1.54, 1.807) is 0 Å². The molecule has 1 amide bonds. The monoisotopic (exact) mass is 306 g/mol. The fourth-order valence-electron chi connectivity index (χ4n) is 1.25. The van der Waals surface area contributed by atoms with E-state index in [0.29, 0.717) is 6.07 Å². The largest absolute Gasteiger partial charge is 0.478 e. The number of nitrogens with one attached hydrogen (secondary N) is 1. The van der Waals surface area contributed by atoms with Gasteiger partial charge in [0.15, 0.2) is 0 Å². The second-order valence-corrected chi connectivity index (χ2v) is 5.25. The third-order valence-corrected chi connectivity index (χ3v) is 3.58. The Labute approximate surface area is 113 Å². The normalized spacial score (nSPS) is 11.1. The molecule has 0 fully saturated rings. The summed E-state index contributed by atoms with van der Waals surface area (Å²) in [6, 6.07) is 2.36. The molecule has 0 aliphatic rings. The van der Waals surface area contributed by atoms with Crippen molar-refractivity contribution in [2.45, 2.75) is 4.90 Å². The van der Waals surface area contributed by atoms with Crippen molar-refractivity contribution >= 4 is 22.1 Å². The fourth-order valence-corrected chi connectivity index (χ4v) is 2.36. The minimum Gasteiger partial charge on any atom is -0.478 e. The van der Waals surface area contributed by atoms with Crippen LogP contribution < -0.4 is 10.5 Å². The van der Waals surface area contributed by atoms with Gasteiger partial charge < -0.3 is 15.6 Å². The van der Waals surface area contributed by atoms with Gasteiger partial charge in [-0.15, -0.1) is 0 Å². The van der Waals surface area contributed by atoms with Gasteiger partial charge in [-0.3, -0.25) is 0 Å². The molecule has 1 aromatic carbocycles. The molecule has 0 heterocycles. The van der Waals surface area contributed by atoms with E-state index in [1.807, 2.05) is 4.72 Å². The first kappa shape index (κ1) is 15.9. The number of benzene rings is 1. The van der Waals surface area contributed by atoms with Gasteiger partial charge in [-0.2, -0.15) is 0 Å². The lowest BCUT2D eigenvalue weighted by Gasteiger charge is -2.08. The third kappa shape index (κ3) is 4.17. The highest BCUT2D eigenvalue weighted by Crippen LogP contribution is 2.16. The first-order valence-corrected chi connectivity index (χ1v) is 6.67. The summed E-state index contributed by atoms with van der Waals surface area (Å²) in [5, 5.41) is 8.73. The lowest BCUT2D eigenvalue weighted by Crippen LogP contribution is -2.29. The van der Waals surface area contributed by atoms with Crippen molar-refractivity contribution in [1.29, 1.82) is 0 Å². The number of sulfonamides is 1. The van der Waals surface area contributed by atoms with Crippen LogP contribution in [0.2, 0.25) is 0 Å². The summed E-state index contributed by atoms with van der Waals surface area (Å²) in [4.78, 5) is 20.2. The van der Waals surface area contributed by atoms with Gasteiger partial charge >= 0.3 is 12.1 Å². The SMILES string of the molecule is NC(=O)OCCNS(=O)(=O)c1cc(C(=O)O)ccc1F. The molecule has 0 radical (unpaired) electrons. The number of halogens is 1. The number of amides is 1. The molecule has 0 spiro atoms. The summed E-state index contributed by atoms with van der Waals surface area (Å²) in [6.07, 6.45) is -1.08. The van der Waals surface area contributed by atoms with Crippen LogP contribution in [-0.4, -0.2) is 38.7 Å². The zero-order chi connectivity index (χ0) is 15.3. The van der Waals surface area contributed by atoms with Crippen LogP contribution in [-0.2, 0) is 14.8 Å². The molecule has 0 bridgehead atoms. The van der Waals surface area contributed by atoms with Crippen LogP contribution in [0.1, 0.15) is 10.4 Å². The Morgan fingerprint density at radius 3 is 2.60 bits per heavy atom. The molecule has 10 heteroatoms. The third-order valence-electron chi connectivity index (χ3n) is 2.11. The fraction of sp³-hybridized carbons (Fsp3) is 0.200. The van der Waals surface area contributed by atoms with Crippen LogP contribution in [0.5, 0.6) is 0 Å². The Hall–Kier alpha value is -2.20. The van der Waals surface area contributed by atoms with Gasteiger partial charge in [0.25, 0.3) is 0 Å². The number of rotatable bonds is 6. The van der Waals surface area contributed by atoms with Gasteiger partial charge in [0.1, 0.15) is 17.3 Å². The predicted molar refractivity (Wildman–Crippen MR) is 64.1 cm³/mol. The Morgan fingerprint density at radius 1 is 1.40 bits per heavy atom. The molecule has 0 atom stereocenters. The van der Waals surface area contributed by atoms with Crippen molar-refractivity contribution in [3.8, 4) is 0 Å². The predicted octanol–water partition coefficient (Wildman–Crippen LogP) is -0.102. The Bertz CT molecular complexity index is 631. The lowest BCUT2D eigenvalue weighted by atomic mass is 10.2. The van der Waals surface area contributed by atoms with Crippen LogP contribution >= 0.6 is 0 Å². The number of hydrogen-bond acceptors (Lipinski definition) is 5. The first-order valence-electron chi connectivity index (χ1n) is 5.19. The Morgan fingerprint density at radius 2 is 2.05 bits per heavy atom. The summed E-state index contributed by atoms with van der Waals surface area (Å²) in [5.74, 6) is -2.49. The van der Waals surface area contributed by atoms with Crippen molar-refractivity contribution in [1.82, 2.24) is 4.72 Å². The maximum atomic E-state index is 13.4. The molecule has 20 heavy (non-hydrogen) atoms. The summed E-state index contributed by atoms with van der Waals surface area (Å²) in [7, 11) is -4.27. The van der Waals surface area contributed by atoms with E-state index in [1.165, 1.54) is 0 Å². The van der Waals surface area contributed by atoms with Crippen molar-refractivity contribution < 1.29 is 32.2 Å². The summed E-state index contributed by atoms with van der Waals surface area (Å²) in [6.45, 7) is -0.670. The number of carboxylic acid groups (broad SMARTS) is 1. The van der Waals surface area contributed by atoms with Gasteiger partial charge in [0.2, 0.25) is 10.0 Å². The molecule has 0 saturated heterocycles. The summed E-state index contributed by atoms with van der Waals surface area (Å²) >= 11 is 0. The smallest absolute Gasteiger partial charge is 0.404 e. The molecule has 1 rings (SSSR count). The molecule has 0 saturated carbocycles.